The zero-order valence-corrected chi connectivity index (χ0v) is 13.2. The van der Waals surface area contributed by atoms with Crippen LogP contribution in [0.15, 0.2) is 30.6 Å². The molecule has 0 saturated carbocycles. The van der Waals surface area contributed by atoms with Gasteiger partial charge in [-0.05, 0) is 37.6 Å². The fraction of sp³-hybridized carbons (Fsp3) is 0.375. The fourth-order valence-corrected chi connectivity index (χ4v) is 3.56. The van der Waals surface area contributed by atoms with E-state index in [1.807, 2.05) is 35.5 Å². The topological polar surface area (TPSA) is 36.4 Å². The first kappa shape index (κ1) is 14.1. The molecule has 0 aliphatic carbocycles. The van der Waals surface area contributed by atoms with Crippen LogP contribution in [-0.4, -0.2) is 42.0 Å². The molecule has 3 rings (SSSR count). The maximum Gasteiger partial charge on any atom is 0.264 e. The molecule has 1 saturated heterocycles. The lowest BCUT2D eigenvalue weighted by atomic mass is 10.2. The zero-order valence-electron chi connectivity index (χ0n) is 12.4. The predicted octanol–water partition coefficient (Wildman–Crippen LogP) is 2.72. The molecule has 5 heteroatoms. The van der Waals surface area contributed by atoms with Crippen molar-refractivity contribution in [1.29, 1.82) is 0 Å². The van der Waals surface area contributed by atoms with E-state index in [4.69, 9.17) is 0 Å². The first-order valence-electron chi connectivity index (χ1n) is 7.16. The zero-order chi connectivity index (χ0) is 14.8. The van der Waals surface area contributed by atoms with Crippen LogP contribution >= 0.6 is 11.3 Å². The van der Waals surface area contributed by atoms with Gasteiger partial charge >= 0.3 is 0 Å². The average molecular weight is 301 g/mol. The standard InChI is InChI=1S/C16H19N3OS/c1-12-11-15(21-13(12)2)16(20)19-9-7-18(8-10-19)14-3-5-17-6-4-14/h3-6,11H,7-10H2,1-2H3. The van der Waals surface area contributed by atoms with Gasteiger partial charge in [-0.25, -0.2) is 0 Å². The Kier molecular flexibility index (Phi) is 3.92. The number of anilines is 1. The maximum atomic E-state index is 12.5. The molecule has 0 radical (unpaired) electrons. The van der Waals surface area contributed by atoms with Gasteiger partial charge in [-0.1, -0.05) is 0 Å². The second-order valence-corrected chi connectivity index (χ2v) is 6.59. The molecule has 1 amide bonds. The molecule has 0 atom stereocenters. The first-order valence-corrected chi connectivity index (χ1v) is 7.98. The van der Waals surface area contributed by atoms with Crippen LogP contribution in [0.1, 0.15) is 20.1 Å². The molecular weight excluding hydrogens is 282 g/mol. The highest BCUT2D eigenvalue weighted by Crippen LogP contribution is 2.23. The van der Waals surface area contributed by atoms with Crippen LogP contribution in [0.5, 0.6) is 0 Å². The Labute approximate surface area is 129 Å². The van der Waals surface area contributed by atoms with Gasteiger partial charge in [-0.2, -0.15) is 0 Å². The van der Waals surface area contributed by atoms with E-state index in [-0.39, 0.29) is 5.91 Å². The molecule has 1 fully saturated rings. The lowest BCUT2D eigenvalue weighted by molar-refractivity contribution is 0.0751. The number of carbonyl (C=O) groups excluding carboxylic acids is 1. The second kappa shape index (κ2) is 5.85. The van der Waals surface area contributed by atoms with Gasteiger partial charge in [0.15, 0.2) is 0 Å². The van der Waals surface area contributed by atoms with Crippen LogP contribution in [0.25, 0.3) is 0 Å². The van der Waals surface area contributed by atoms with Crippen molar-refractivity contribution < 1.29 is 4.79 Å². The number of aryl methyl sites for hydroxylation is 2. The summed E-state index contributed by atoms with van der Waals surface area (Å²) < 4.78 is 0. The molecule has 0 spiro atoms. The van der Waals surface area contributed by atoms with Crippen molar-refractivity contribution in [1.82, 2.24) is 9.88 Å². The number of piperazine rings is 1. The SMILES string of the molecule is Cc1cc(C(=O)N2CCN(c3ccncc3)CC2)sc1C. The molecule has 2 aromatic heterocycles. The third-order valence-electron chi connectivity index (χ3n) is 3.97. The quantitative estimate of drug-likeness (QED) is 0.856. The second-order valence-electron chi connectivity index (χ2n) is 5.33. The summed E-state index contributed by atoms with van der Waals surface area (Å²) in [5.74, 6) is 0.172. The molecule has 0 unspecified atom stereocenters. The van der Waals surface area contributed by atoms with Crippen LogP contribution in [0, 0.1) is 13.8 Å². The minimum absolute atomic E-state index is 0.172. The Balaban J connectivity index is 1.64. The predicted molar refractivity (Wildman–Crippen MR) is 86.1 cm³/mol. The highest BCUT2D eigenvalue weighted by atomic mass is 32.1. The van der Waals surface area contributed by atoms with Gasteiger partial charge in [0.25, 0.3) is 5.91 Å². The number of hydrogen-bond donors (Lipinski definition) is 0. The average Bonchev–Trinajstić information content (AvgIpc) is 2.87. The Morgan fingerprint density at radius 2 is 1.81 bits per heavy atom. The first-order chi connectivity index (χ1) is 10.1. The Morgan fingerprint density at radius 3 is 2.38 bits per heavy atom. The smallest absolute Gasteiger partial charge is 0.264 e. The fourth-order valence-electron chi connectivity index (χ4n) is 2.56. The summed E-state index contributed by atoms with van der Waals surface area (Å²) in [5.41, 5.74) is 2.39. The molecule has 110 valence electrons. The monoisotopic (exact) mass is 301 g/mol. The molecule has 4 nitrogen and oxygen atoms in total. The van der Waals surface area contributed by atoms with Crippen LogP contribution < -0.4 is 4.90 Å². The van der Waals surface area contributed by atoms with E-state index in [1.165, 1.54) is 16.1 Å². The molecule has 0 aromatic carbocycles. The summed E-state index contributed by atoms with van der Waals surface area (Å²) >= 11 is 1.60. The Bertz CT molecular complexity index is 611. The van der Waals surface area contributed by atoms with Gasteiger partial charge < -0.3 is 9.80 Å². The third kappa shape index (κ3) is 2.93. The van der Waals surface area contributed by atoms with Gasteiger partial charge in [0.2, 0.25) is 0 Å². The lowest BCUT2D eigenvalue weighted by Crippen LogP contribution is -2.48. The van der Waals surface area contributed by atoms with Crippen LogP contribution in [0.3, 0.4) is 0 Å². The number of pyridine rings is 1. The number of carbonyl (C=O) groups is 1. The van der Waals surface area contributed by atoms with Crippen molar-refractivity contribution in [3.8, 4) is 0 Å². The largest absolute Gasteiger partial charge is 0.368 e. The lowest BCUT2D eigenvalue weighted by Gasteiger charge is -2.35. The summed E-state index contributed by atoms with van der Waals surface area (Å²) in [6, 6.07) is 6.05. The molecule has 21 heavy (non-hydrogen) atoms. The van der Waals surface area contributed by atoms with Gasteiger partial charge in [-0.15, -0.1) is 11.3 Å². The van der Waals surface area contributed by atoms with Crippen molar-refractivity contribution >= 4 is 22.9 Å². The molecule has 1 aliphatic rings. The molecule has 0 N–H and O–H groups in total. The summed E-state index contributed by atoms with van der Waals surface area (Å²) in [5, 5.41) is 0. The number of rotatable bonds is 2. The Hall–Kier alpha value is -1.88. The van der Waals surface area contributed by atoms with Crippen molar-refractivity contribution in [3.05, 3.63) is 45.9 Å². The summed E-state index contributed by atoms with van der Waals surface area (Å²) in [7, 11) is 0. The van der Waals surface area contributed by atoms with Crippen molar-refractivity contribution in [2.45, 2.75) is 13.8 Å². The van der Waals surface area contributed by atoms with Gasteiger partial charge in [0, 0.05) is 49.1 Å². The minimum Gasteiger partial charge on any atom is -0.368 e. The van der Waals surface area contributed by atoms with E-state index in [2.05, 4.69) is 23.7 Å². The molecule has 3 heterocycles. The minimum atomic E-state index is 0.172. The van der Waals surface area contributed by atoms with E-state index >= 15 is 0 Å². The van der Waals surface area contributed by atoms with Gasteiger partial charge in [0.1, 0.15) is 0 Å². The highest BCUT2D eigenvalue weighted by molar-refractivity contribution is 7.14. The number of aromatic nitrogens is 1. The van der Waals surface area contributed by atoms with Gasteiger partial charge in [0.05, 0.1) is 4.88 Å². The van der Waals surface area contributed by atoms with Crippen LogP contribution in [0.4, 0.5) is 5.69 Å². The van der Waals surface area contributed by atoms with Crippen molar-refractivity contribution in [2.24, 2.45) is 0 Å². The third-order valence-corrected chi connectivity index (χ3v) is 5.11. The maximum absolute atomic E-state index is 12.5. The molecule has 2 aromatic rings. The highest BCUT2D eigenvalue weighted by Gasteiger charge is 2.23. The van der Waals surface area contributed by atoms with E-state index < -0.39 is 0 Å². The van der Waals surface area contributed by atoms with E-state index in [9.17, 15) is 4.79 Å². The molecule has 1 aliphatic heterocycles. The van der Waals surface area contributed by atoms with Gasteiger partial charge in [-0.3, -0.25) is 9.78 Å². The van der Waals surface area contributed by atoms with E-state index in [1.54, 1.807) is 11.3 Å². The number of hydrogen-bond acceptors (Lipinski definition) is 4. The summed E-state index contributed by atoms with van der Waals surface area (Å²) in [6.45, 7) is 7.43. The van der Waals surface area contributed by atoms with E-state index in [0.717, 1.165) is 31.1 Å². The number of nitrogens with zero attached hydrogens (tertiary/aromatic N) is 3. The Morgan fingerprint density at radius 1 is 1.14 bits per heavy atom. The van der Waals surface area contributed by atoms with Crippen molar-refractivity contribution in [2.75, 3.05) is 31.1 Å². The van der Waals surface area contributed by atoms with E-state index in [0.29, 0.717) is 0 Å². The van der Waals surface area contributed by atoms with Crippen LogP contribution in [-0.2, 0) is 0 Å². The summed E-state index contributed by atoms with van der Waals surface area (Å²) in [4.78, 5) is 22.9. The number of amides is 1. The van der Waals surface area contributed by atoms with Crippen LogP contribution in [0.2, 0.25) is 0 Å². The normalized spacial score (nSPS) is 15.3. The number of thiophene rings is 1. The molecule has 0 bridgehead atoms. The van der Waals surface area contributed by atoms with Crippen molar-refractivity contribution in [3.63, 3.8) is 0 Å². The molecular formula is C16H19N3OS. The summed E-state index contributed by atoms with van der Waals surface area (Å²) in [6.07, 6.45) is 3.62.